The number of aryl methyl sites for hydroxylation is 2. The van der Waals surface area contributed by atoms with E-state index in [-0.39, 0.29) is 5.69 Å². The summed E-state index contributed by atoms with van der Waals surface area (Å²) in [4.78, 5) is 11.0. The smallest absolute Gasteiger partial charge is 0.356 e. The van der Waals surface area contributed by atoms with Gasteiger partial charge < -0.3 is 9.84 Å². The van der Waals surface area contributed by atoms with E-state index in [0.29, 0.717) is 16.5 Å². The molecule has 0 atom stereocenters. The molecule has 0 spiro atoms. The molecule has 0 aliphatic rings. The predicted molar refractivity (Wildman–Crippen MR) is 76.6 cm³/mol. The van der Waals surface area contributed by atoms with E-state index in [4.69, 9.17) is 21.4 Å². The van der Waals surface area contributed by atoms with Gasteiger partial charge in [-0.15, -0.1) is 0 Å². The summed E-state index contributed by atoms with van der Waals surface area (Å²) in [5.74, 6) is -0.546. The van der Waals surface area contributed by atoms with Gasteiger partial charge in [0.1, 0.15) is 5.75 Å². The van der Waals surface area contributed by atoms with Crippen LogP contribution in [0.2, 0.25) is 5.02 Å². The standard InChI is InChI=1S/C14H15ClN2O3/c1-7-5-9(13(20-4)12(15)8(7)2)11-6-10(14(18)19)16-17(11)3/h5-6H,1-4H3,(H,18,19). The molecule has 1 N–H and O–H groups in total. The number of ether oxygens (including phenoxy) is 1. The Balaban J connectivity index is 2.72. The molecular weight excluding hydrogens is 280 g/mol. The number of benzene rings is 1. The van der Waals surface area contributed by atoms with Gasteiger partial charge in [-0.3, -0.25) is 4.68 Å². The molecule has 1 aromatic heterocycles. The summed E-state index contributed by atoms with van der Waals surface area (Å²) < 4.78 is 6.88. The first kappa shape index (κ1) is 14.4. The number of carboxylic acid groups (broad SMARTS) is 1. The molecule has 0 unspecified atom stereocenters. The van der Waals surface area contributed by atoms with Gasteiger partial charge in [0.2, 0.25) is 0 Å². The van der Waals surface area contributed by atoms with Crippen LogP contribution in [-0.4, -0.2) is 28.0 Å². The van der Waals surface area contributed by atoms with Crippen molar-refractivity contribution >= 4 is 17.6 Å². The van der Waals surface area contributed by atoms with E-state index in [0.717, 1.165) is 16.7 Å². The summed E-state index contributed by atoms with van der Waals surface area (Å²) in [6.07, 6.45) is 0. The van der Waals surface area contributed by atoms with E-state index in [2.05, 4.69) is 5.10 Å². The number of carboxylic acids is 1. The Kier molecular flexibility index (Phi) is 3.72. The van der Waals surface area contributed by atoms with Crippen molar-refractivity contribution in [2.75, 3.05) is 7.11 Å². The average molecular weight is 295 g/mol. The van der Waals surface area contributed by atoms with Crippen molar-refractivity contribution in [1.29, 1.82) is 0 Å². The van der Waals surface area contributed by atoms with Crippen LogP contribution in [0.15, 0.2) is 12.1 Å². The predicted octanol–water partition coefficient (Wildman–Crippen LogP) is 3.06. The maximum Gasteiger partial charge on any atom is 0.356 e. The molecule has 0 fully saturated rings. The quantitative estimate of drug-likeness (QED) is 0.945. The molecule has 0 aliphatic heterocycles. The molecule has 20 heavy (non-hydrogen) atoms. The molecule has 0 bridgehead atoms. The van der Waals surface area contributed by atoms with E-state index < -0.39 is 5.97 Å². The van der Waals surface area contributed by atoms with Gasteiger partial charge in [0.15, 0.2) is 5.69 Å². The normalized spacial score (nSPS) is 10.7. The lowest BCUT2D eigenvalue weighted by Crippen LogP contribution is -2.00. The Morgan fingerprint density at radius 1 is 1.40 bits per heavy atom. The number of halogens is 1. The van der Waals surface area contributed by atoms with Gasteiger partial charge in [0.05, 0.1) is 17.8 Å². The van der Waals surface area contributed by atoms with Gasteiger partial charge in [-0.25, -0.2) is 4.79 Å². The van der Waals surface area contributed by atoms with Gasteiger partial charge in [-0.2, -0.15) is 5.10 Å². The third kappa shape index (κ3) is 2.25. The Morgan fingerprint density at radius 2 is 2.05 bits per heavy atom. The summed E-state index contributed by atoms with van der Waals surface area (Å²) in [5, 5.41) is 13.5. The summed E-state index contributed by atoms with van der Waals surface area (Å²) in [7, 11) is 3.22. The minimum absolute atomic E-state index is 0.0149. The highest BCUT2D eigenvalue weighted by Gasteiger charge is 2.19. The first-order valence-corrected chi connectivity index (χ1v) is 6.36. The minimum Gasteiger partial charge on any atom is -0.494 e. The number of nitrogens with zero attached hydrogens (tertiary/aromatic N) is 2. The van der Waals surface area contributed by atoms with Gasteiger partial charge in [-0.1, -0.05) is 11.6 Å². The third-order valence-electron chi connectivity index (χ3n) is 3.30. The van der Waals surface area contributed by atoms with Crippen LogP contribution in [-0.2, 0) is 7.05 Å². The molecule has 2 aromatic rings. The van der Waals surface area contributed by atoms with Gasteiger partial charge in [0, 0.05) is 12.6 Å². The highest BCUT2D eigenvalue weighted by atomic mass is 35.5. The van der Waals surface area contributed by atoms with Gasteiger partial charge in [0.25, 0.3) is 0 Å². The highest BCUT2D eigenvalue weighted by molar-refractivity contribution is 6.33. The maximum atomic E-state index is 11.0. The molecular formula is C14H15ClN2O3. The molecule has 106 valence electrons. The molecule has 2 rings (SSSR count). The molecule has 0 saturated heterocycles. The van der Waals surface area contributed by atoms with Crippen molar-refractivity contribution in [2.24, 2.45) is 7.05 Å². The third-order valence-corrected chi connectivity index (χ3v) is 3.76. The lowest BCUT2D eigenvalue weighted by molar-refractivity contribution is 0.0689. The molecule has 6 heteroatoms. The van der Waals surface area contributed by atoms with Crippen molar-refractivity contribution in [3.05, 3.63) is 34.0 Å². The number of aromatic carboxylic acids is 1. The fourth-order valence-electron chi connectivity index (χ4n) is 2.07. The van der Waals surface area contributed by atoms with E-state index in [1.807, 2.05) is 19.9 Å². The van der Waals surface area contributed by atoms with E-state index in [1.165, 1.54) is 17.9 Å². The van der Waals surface area contributed by atoms with Crippen molar-refractivity contribution in [3.63, 3.8) is 0 Å². The first-order chi connectivity index (χ1) is 9.36. The van der Waals surface area contributed by atoms with Crippen molar-refractivity contribution in [3.8, 4) is 17.0 Å². The Labute approximate surface area is 121 Å². The Morgan fingerprint density at radius 3 is 2.55 bits per heavy atom. The van der Waals surface area contributed by atoms with Crippen LogP contribution >= 0.6 is 11.6 Å². The first-order valence-electron chi connectivity index (χ1n) is 5.98. The van der Waals surface area contributed by atoms with Crippen LogP contribution in [0.25, 0.3) is 11.3 Å². The lowest BCUT2D eigenvalue weighted by Gasteiger charge is -2.14. The number of carbonyl (C=O) groups is 1. The SMILES string of the molecule is COc1c(-c2cc(C(=O)O)nn2C)cc(C)c(C)c1Cl. The molecule has 1 heterocycles. The number of aromatic nitrogens is 2. The maximum absolute atomic E-state index is 11.0. The Bertz CT molecular complexity index is 692. The minimum atomic E-state index is -1.07. The summed E-state index contributed by atoms with van der Waals surface area (Å²) in [6, 6.07) is 3.42. The highest BCUT2D eigenvalue weighted by Crippen LogP contribution is 2.39. The molecule has 5 nitrogen and oxygen atoms in total. The van der Waals surface area contributed by atoms with Crippen LogP contribution in [0.3, 0.4) is 0 Å². The molecule has 0 saturated carbocycles. The van der Waals surface area contributed by atoms with Crippen molar-refractivity contribution in [1.82, 2.24) is 9.78 Å². The van der Waals surface area contributed by atoms with Gasteiger partial charge >= 0.3 is 5.97 Å². The zero-order valence-corrected chi connectivity index (χ0v) is 12.4. The van der Waals surface area contributed by atoms with Crippen molar-refractivity contribution < 1.29 is 14.6 Å². The van der Waals surface area contributed by atoms with Crippen LogP contribution in [0, 0.1) is 13.8 Å². The largest absolute Gasteiger partial charge is 0.494 e. The number of methoxy groups -OCH3 is 1. The summed E-state index contributed by atoms with van der Waals surface area (Å²) in [5.41, 5.74) is 3.29. The molecule has 0 amide bonds. The number of hydrogen-bond acceptors (Lipinski definition) is 3. The van der Waals surface area contributed by atoms with Crippen LogP contribution in [0.1, 0.15) is 21.6 Å². The number of rotatable bonds is 3. The molecule has 0 radical (unpaired) electrons. The second kappa shape index (κ2) is 5.17. The van der Waals surface area contributed by atoms with Crippen LogP contribution in [0.5, 0.6) is 5.75 Å². The van der Waals surface area contributed by atoms with E-state index in [9.17, 15) is 4.79 Å². The second-order valence-electron chi connectivity index (χ2n) is 4.56. The summed E-state index contributed by atoms with van der Waals surface area (Å²) >= 11 is 6.30. The Hall–Kier alpha value is -2.01. The van der Waals surface area contributed by atoms with E-state index in [1.54, 1.807) is 7.05 Å². The van der Waals surface area contributed by atoms with Crippen LogP contribution < -0.4 is 4.74 Å². The van der Waals surface area contributed by atoms with E-state index >= 15 is 0 Å². The monoisotopic (exact) mass is 294 g/mol. The topological polar surface area (TPSA) is 64.3 Å². The summed E-state index contributed by atoms with van der Waals surface area (Å²) in [6.45, 7) is 3.86. The zero-order valence-electron chi connectivity index (χ0n) is 11.7. The van der Waals surface area contributed by atoms with Gasteiger partial charge in [-0.05, 0) is 37.1 Å². The number of hydrogen-bond donors (Lipinski definition) is 1. The fraction of sp³-hybridized carbons (Fsp3) is 0.286. The fourth-order valence-corrected chi connectivity index (χ4v) is 2.39. The lowest BCUT2D eigenvalue weighted by atomic mass is 10.0. The second-order valence-corrected chi connectivity index (χ2v) is 4.93. The van der Waals surface area contributed by atoms with Crippen LogP contribution in [0.4, 0.5) is 0 Å². The molecule has 0 aliphatic carbocycles. The zero-order chi connectivity index (χ0) is 15.0. The average Bonchev–Trinajstić information content (AvgIpc) is 2.78. The molecule has 1 aromatic carbocycles. The van der Waals surface area contributed by atoms with Crippen molar-refractivity contribution in [2.45, 2.75) is 13.8 Å².